The Morgan fingerprint density at radius 2 is 2.05 bits per heavy atom. The smallest absolute Gasteiger partial charge is 0.119 e. The molecule has 0 aliphatic carbocycles. The predicted molar refractivity (Wildman–Crippen MR) is 87.3 cm³/mol. The maximum Gasteiger partial charge on any atom is 0.119 e. The van der Waals surface area contributed by atoms with E-state index in [2.05, 4.69) is 31.1 Å². The minimum atomic E-state index is 0.0292. The van der Waals surface area contributed by atoms with Crippen molar-refractivity contribution in [3.8, 4) is 5.75 Å². The lowest BCUT2D eigenvalue weighted by Gasteiger charge is -2.15. The molecular weight excluding hydrogens is 284 g/mol. The molecule has 114 valence electrons. The zero-order valence-electron chi connectivity index (χ0n) is 12.7. The quantitative estimate of drug-likeness (QED) is 0.821. The monoisotopic (exact) mass is 306 g/mol. The fourth-order valence-corrected chi connectivity index (χ4v) is 3.15. The largest absolute Gasteiger partial charge is 0.491 e. The highest BCUT2D eigenvalue weighted by atomic mass is 32.1. The van der Waals surface area contributed by atoms with Gasteiger partial charge in [0, 0.05) is 10.6 Å². The zero-order valence-corrected chi connectivity index (χ0v) is 13.5. The highest BCUT2D eigenvalue weighted by molar-refractivity contribution is 7.11. The van der Waals surface area contributed by atoms with Crippen molar-refractivity contribution >= 4 is 17.0 Å². The number of benzene rings is 1. The van der Waals surface area contributed by atoms with Crippen LogP contribution in [0.2, 0.25) is 0 Å². The van der Waals surface area contributed by atoms with E-state index in [1.165, 1.54) is 9.88 Å². The molecule has 2 aromatic rings. The number of aryl methyl sites for hydroxylation is 2. The summed E-state index contributed by atoms with van der Waals surface area (Å²) >= 11 is 1.78. The fourth-order valence-electron chi connectivity index (χ4n) is 2.15. The molecule has 4 nitrogen and oxygen atoms in total. The Balaban J connectivity index is 2.01. The van der Waals surface area contributed by atoms with Gasteiger partial charge in [-0.1, -0.05) is 6.92 Å². The first-order valence-corrected chi connectivity index (χ1v) is 8.02. The molecule has 2 rings (SSSR count). The van der Waals surface area contributed by atoms with Crippen LogP contribution in [0.4, 0.5) is 5.69 Å². The topological polar surface area (TPSA) is 54.4 Å². The highest BCUT2D eigenvalue weighted by Gasteiger charge is 2.13. The number of nitrogens with zero attached hydrogens (tertiary/aromatic N) is 1. The van der Waals surface area contributed by atoms with Crippen LogP contribution in [0.3, 0.4) is 0 Å². The number of anilines is 1. The lowest BCUT2D eigenvalue weighted by Crippen LogP contribution is -2.06. The third-order valence-corrected chi connectivity index (χ3v) is 4.65. The van der Waals surface area contributed by atoms with E-state index < -0.39 is 0 Å². The van der Waals surface area contributed by atoms with Crippen LogP contribution >= 0.6 is 11.3 Å². The molecule has 5 heteroatoms. The van der Waals surface area contributed by atoms with Gasteiger partial charge >= 0.3 is 0 Å². The van der Waals surface area contributed by atoms with Crippen LogP contribution in [-0.4, -0.2) is 23.3 Å². The number of aromatic nitrogens is 1. The molecule has 0 saturated heterocycles. The maximum atomic E-state index is 8.73. The van der Waals surface area contributed by atoms with Crippen molar-refractivity contribution in [2.75, 3.05) is 18.5 Å². The average molecular weight is 306 g/mol. The number of ether oxygens (including phenoxy) is 1. The van der Waals surface area contributed by atoms with Crippen molar-refractivity contribution in [2.45, 2.75) is 33.2 Å². The number of hydrogen-bond donors (Lipinski definition) is 2. The second-order valence-electron chi connectivity index (χ2n) is 4.87. The molecule has 0 aliphatic rings. The van der Waals surface area contributed by atoms with Gasteiger partial charge in [0.25, 0.3) is 0 Å². The van der Waals surface area contributed by atoms with E-state index in [9.17, 15) is 0 Å². The number of nitrogens with one attached hydrogen (secondary N) is 1. The second-order valence-corrected chi connectivity index (χ2v) is 5.99. The molecular formula is C16H22N2O2S. The summed E-state index contributed by atoms with van der Waals surface area (Å²) in [4.78, 5) is 5.86. The summed E-state index contributed by atoms with van der Waals surface area (Å²) < 4.78 is 5.35. The fraction of sp³-hybridized carbons (Fsp3) is 0.438. The van der Waals surface area contributed by atoms with Crippen LogP contribution in [0.5, 0.6) is 5.75 Å². The van der Waals surface area contributed by atoms with Gasteiger partial charge in [0.1, 0.15) is 12.4 Å². The first-order chi connectivity index (χ1) is 10.1. The normalized spacial score (nSPS) is 12.2. The Hall–Kier alpha value is -1.59. The van der Waals surface area contributed by atoms with Crippen LogP contribution in [-0.2, 0) is 6.42 Å². The summed E-state index contributed by atoms with van der Waals surface area (Å²) in [5, 5.41) is 13.4. The Morgan fingerprint density at radius 3 is 2.62 bits per heavy atom. The lowest BCUT2D eigenvalue weighted by atomic mass is 10.2. The molecule has 0 amide bonds. The molecule has 0 aliphatic heterocycles. The van der Waals surface area contributed by atoms with Gasteiger partial charge < -0.3 is 15.2 Å². The van der Waals surface area contributed by atoms with Gasteiger partial charge in [-0.2, -0.15) is 0 Å². The molecule has 2 N–H and O–H groups in total. The second kappa shape index (κ2) is 7.43. The molecule has 1 unspecified atom stereocenters. The molecule has 0 spiro atoms. The van der Waals surface area contributed by atoms with Gasteiger partial charge in [-0.15, -0.1) is 11.3 Å². The third-order valence-electron chi connectivity index (χ3n) is 3.17. The zero-order chi connectivity index (χ0) is 15.2. The maximum absolute atomic E-state index is 8.73. The molecule has 1 atom stereocenters. The summed E-state index contributed by atoms with van der Waals surface area (Å²) in [5.41, 5.74) is 2.16. The number of rotatable bonds is 7. The van der Waals surface area contributed by atoms with E-state index in [1.54, 1.807) is 11.3 Å². The minimum Gasteiger partial charge on any atom is -0.491 e. The third kappa shape index (κ3) is 4.19. The molecule has 0 radical (unpaired) electrons. The Kier molecular flexibility index (Phi) is 5.59. The summed E-state index contributed by atoms with van der Waals surface area (Å²) in [6, 6.07) is 8.01. The first-order valence-electron chi connectivity index (χ1n) is 7.20. The standard InChI is InChI=1S/C16H22N2O2S/c1-4-15-18-12(3)16(21-15)11(2)17-13-5-7-14(8-6-13)20-10-9-19/h5-8,11,17,19H,4,9-10H2,1-3H3. The summed E-state index contributed by atoms with van der Waals surface area (Å²) in [6.07, 6.45) is 0.981. The van der Waals surface area contributed by atoms with Crippen LogP contribution in [0, 0.1) is 6.92 Å². The van der Waals surface area contributed by atoms with Crippen LogP contribution < -0.4 is 10.1 Å². The number of aliphatic hydroxyl groups excluding tert-OH is 1. The van der Waals surface area contributed by atoms with Gasteiger partial charge in [-0.3, -0.25) is 0 Å². The van der Waals surface area contributed by atoms with E-state index in [1.807, 2.05) is 24.3 Å². The highest BCUT2D eigenvalue weighted by Crippen LogP contribution is 2.28. The number of hydrogen-bond acceptors (Lipinski definition) is 5. The molecule has 1 heterocycles. The van der Waals surface area contributed by atoms with Crippen LogP contribution in [0.15, 0.2) is 24.3 Å². The van der Waals surface area contributed by atoms with E-state index in [4.69, 9.17) is 9.84 Å². The molecule has 21 heavy (non-hydrogen) atoms. The Bertz CT molecular complexity index is 566. The SMILES string of the molecule is CCc1nc(C)c(C(C)Nc2ccc(OCCO)cc2)s1. The van der Waals surface area contributed by atoms with Gasteiger partial charge in [0.15, 0.2) is 0 Å². The van der Waals surface area contributed by atoms with E-state index >= 15 is 0 Å². The Labute approximate surface area is 129 Å². The average Bonchev–Trinajstić information content (AvgIpc) is 2.88. The van der Waals surface area contributed by atoms with E-state index in [-0.39, 0.29) is 12.6 Å². The summed E-state index contributed by atoms with van der Waals surface area (Å²) in [7, 11) is 0. The van der Waals surface area contributed by atoms with Crippen molar-refractivity contribution in [3.05, 3.63) is 39.8 Å². The minimum absolute atomic E-state index is 0.0292. The lowest BCUT2D eigenvalue weighted by molar-refractivity contribution is 0.201. The van der Waals surface area contributed by atoms with Crippen LogP contribution in [0.1, 0.15) is 35.5 Å². The van der Waals surface area contributed by atoms with Crippen molar-refractivity contribution in [2.24, 2.45) is 0 Å². The predicted octanol–water partition coefficient (Wildman–Crippen LogP) is 3.56. The van der Waals surface area contributed by atoms with Gasteiger partial charge in [-0.25, -0.2) is 4.98 Å². The molecule has 1 aromatic carbocycles. The summed E-state index contributed by atoms with van der Waals surface area (Å²) in [6.45, 7) is 6.70. The van der Waals surface area contributed by atoms with Crippen molar-refractivity contribution in [3.63, 3.8) is 0 Å². The van der Waals surface area contributed by atoms with Gasteiger partial charge in [0.05, 0.1) is 23.4 Å². The van der Waals surface area contributed by atoms with Gasteiger partial charge in [0.2, 0.25) is 0 Å². The van der Waals surface area contributed by atoms with Crippen molar-refractivity contribution < 1.29 is 9.84 Å². The van der Waals surface area contributed by atoms with E-state index in [0.29, 0.717) is 6.61 Å². The molecule has 0 bridgehead atoms. The van der Waals surface area contributed by atoms with Gasteiger partial charge in [-0.05, 0) is 44.5 Å². The van der Waals surface area contributed by atoms with Crippen molar-refractivity contribution in [1.29, 1.82) is 0 Å². The Morgan fingerprint density at radius 1 is 1.33 bits per heavy atom. The van der Waals surface area contributed by atoms with E-state index in [0.717, 1.165) is 23.6 Å². The summed E-state index contributed by atoms with van der Waals surface area (Å²) in [5.74, 6) is 0.768. The molecule has 1 aromatic heterocycles. The first kappa shape index (κ1) is 15.8. The van der Waals surface area contributed by atoms with Crippen molar-refractivity contribution in [1.82, 2.24) is 4.98 Å². The number of aliphatic hydroxyl groups is 1. The molecule has 0 fully saturated rings. The molecule has 0 saturated carbocycles. The number of thiazole rings is 1. The van der Waals surface area contributed by atoms with Crippen LogP contribution in [0.25, 0.3) is 0 Å².